The van der Waals surface area contributed by atoms with Gasteiger partial charge in [-0.05, 0) is 50.7 Å². The number of rotatable bonds is 4. The van der Waals surface area contributed by atoms with Crippen molar-refractivity contribution in [2.45, 2.75) is 86.1 Å². The number of ether oxygens (including phenoxy) is 5. The number of allylic oxidation sites excluding steroid dienone is 2. The second-order valence-electron chi connectivity index (χ2n) is 8.47. The molecule has 8 heteroatoms. The number of methoxy groups -OCH3 is 2. The molecule has 1 fully saturated rings. The van der Waals surface area contributed by atoms with Crippen LogP contribution in [-0.2, 0) is 33.3 Å². The molecule has 2 aliphatic rings. The van der Waals surface area contributed by atoms with Crippen LogP contribution >= 0.6 is 11.8 Å². The van der Waals surface area contributed by atoms with E-state index in [-0.39, 0.29) is 18.5 Å². The Balaban J connectivity index is 1.78. The Morgan fingerprint density at radius 2 is 1.50 bits per heavy atom. The molecule has 0 unspecified atom stereocenters. The molecular weight excluding hydrogens is 456 g/mol. The highest BCUT2D eigenvalue weighted by atomic mass is 32.2. The van der Waals surface area contributed by atoms with E-state index in [0.717, 1.165) is 43.4 Å². The first kappa shape index (κ1) is 26.7. The van der Waals surface area contributed by atoms with Crippen molar-refractivity contribution in [3.05, 3.63) is 42.5 Å². The van der Waals surface area contributed by atoms with Crippen molar-refractivity contribution in [1.82, 2.24) is 0 Å². The summed E-state index contributed by atoms with van der Waals surface area (Å²) in [7, 11) is 3.16. The molecule has 7 nitrogen and oxygen atoms in total. The van der Waals surface area contributed by atoms with Gasteiger partial charge in [-0.15, -0.1) is 0 Å². The van der Waals surface area contributed by atoms with Crippen LogP contribution in [0.5, 0.6) is 0 Å². The van der Waals surface area contributed by atoms with Crippen molar-refractivity contribution in [2.75, 3.05) is 20.8 Å². The third kappa shape index (κ3) is 8.12. The van der Waals surface area contributed by atoms with Crippen LogP contribution in [0.15, 0.2) is 47.4 Å². The lowest BCUT2D eigenvalue weighted by Gasteiger charge is -2.44. The van der Waals surface area contributed by atoms with Crippen molar-refractivity contribution < 1.29 is 33.3 Å². The third-order valence-electron chi connectivity index (χ3n) is 5.98. The molecule has 0 bridgehead atoms. The minimum absolute atomic E-state index is 0.0151. The third-order valence-corrected chi connectivity index (χ3v) is 7.13. The normalized spacial score (nSPS) is 30.9. The summed E-state index contributed by atoms with van der Waals surface area (Å²) in [5, 5.41) is 0. The Kier molecular flexibility index (Phi) is 11.4. The zero-order valence-electron chi connectivity index (χ0n) is 20.1. The van der Waals surface area contributed by atoms with E-state index in [4.69, 9.17) is 23.7 Å². The molecule has 1 aromatic rings. The number of cyclic esters (lactones) is 1. The molecule has 0 aromatic heterocycles. The molecule has 1 saturated heterocycles. The first-order chi connectivity index (χ1) is 16.6. The maximum atomic E-state index is 12.7. The number of benzene rings is 1. The van der Waals surface area contributed by atoms with Gasteiger partial charge in [-0.25, -0.2) is 0 Å². The zero-order valence-corrected chi connectivity index (χ0v) is 20.9. The molecule has 0 spiro atoms. The van der Waals surface area contributed by atoms with Crippen molar-refractivity contribution in [3.63, 3.8) is 0 Å². The van der Waals surface area contributed by atoms with Crippen molar-refractivity contribution in [1.29, 1.82) is 0 Å². The number of carbonyl (C=O) groups excluding carboxylic acids is 2. The number of hydrogen-bond acceptors (Lipinski definition) is 8. The van der Waals surface area contributed by atoms with E-state index in [9.17, 15) is 9.59 Å². The zero-order chi connectivity index (χ0) is 24.2. The van der Waals surface area contributed by atoms with Gasteiger partial charge in [-0.1, -0.05) is 42.1 Å². The smallest absolute Gasteiger partial charge is 0.306 e. The van der Waals surface area contributed by atoms with E-state index in [1.165, 1.54) is 11.8 Å². The van der Waals surface area contributed by atoms with Crippen molar-refractivity contribution in [2.24, 2.45) is 0 Å². The van der Waals surface area contributed by atoms with E-state index >= 15 is 0 Å². The second kappa shape index (κ2) is 14.5. The molecule has 1 aromatic carbocycles. The van der Waals surface area contributed by atoms with Gasteiger partial charge < -0.3 is 23.7 Å². The molecule has 0 aliphatic carbocycles. The van der Waals surface area contributed by atoms with Gasteiger partial charge >= 0.3 is 11.9 Å². The molecule has 3 rings (SSSR count). The van der Waals surface area contributed by atoms with Crippen LogP contribution in [-0.4, -0.2) is 62.6 Å². The molecule has 0 N–H and O–H groups in total. The summed E-state index contributed by atoms with van der Waals surface area (Å²) in [5.41, 5.74) is -0.434. The van der Waals surface area contributed by atoms with Crippen LogP contribution in [0.3, 0.4) is 0 Å². The molecule has 0 saturated carbocycles. The number of carbonyl (C=O) groups is 2. The monoisotopic (exact) mass is 492 g/mol. The lowest BCUT2D eigenvalue weighted by molar-refractivity contribution is -0.234. The molecular formula is C26H36O7S. The Morgan fingerprint density at radius 3 is 2.15 bits per heavy atom. The Labute approximate surface area is 206 Å². The highest BCUT2D eigenvalue weighted by Gasteiger charge is 2.49. The summed E-state index contributed by atoms with van der Waals surface area (Å²) in [6.07, 6.45) is 7.71. The summed E-state index contributed by atoms with van der Waals surface area (Å²) in [5.74, 6) is -0.596. The number of hydrogen-bond donors (Lipinski definition) is 0. The average Bonchev–Trinajstić information content (AvgIpc) is 2.84. The van der Waals surface area contributed by atoms with Gasteiger partial charge in [0.2, 0.25) is 0 Å². The van der Waals surface area contributed by atoms with Gasteiger partial charge in [0.25, 0.3) is 0 Å². The van der Waals surface area contributed by atoms with E-state index in [0.29, 0.717) is 12.8 Å². The predicted molar refractivity (Wildman–Crippen MR) is 129 cm³/mol. The fourth-order valence-electron chi connectivity index (χ4n) is 4.16. The average molecular weight is 493 g/mol. The van der Waals surface area contributed by atoms with Crippen LogP contribution < -0.4 is 0 Å². The Bertz CT molecular complexity index is 785. The number of esters is 2. The van der Waals surface area contributed by atoms with Crippen LogP contribution in [0.4, 0.5) is 0 Å². The summed E-state index contributed by atoms with van der Waals surface area (Å²) in [6, 6.07) is 9.84. The fourth-order valence-corrected chi connectivity index (χ4v) is 5.34. The van der Waals surface area contributed by atoms with Gasteiger partial charge in [-0.2, -0.15) is 0 Å². The molecule has 2 aliphatic heterocycles. The van der Waals surface area contributed by atoms with Gasteiger partial charge in [-0.3, -0.25) is 9.59 Å². The van der Waals surface area contributed by atoms with Gasteiger partial charge in [0.05, 0.1) is 0 Å². The SMILES string of the molecule is CO[C@@H]1[C@@H](OC)[C@H](Sc2ccccc2)O[C@@H]2COC(=O)CCCC/C=C/CCCCC(=O)O[C@@H]12. The maximum absolute atomic E-state index is 12.7. The van der Waals surface area contributed by atoms with Gasteiger partial charge in [0.1, 0.15) is 30.4 Å². The van der Waals surface area contributed by atoms with E-state index in [1.54, 1.807) is 14.2 Å². The molecule has 0 amide bonds. The summed E-state index contributed by atoms with van der Waals surface area (Å²) >= 11 is 1.50. The first-order valence-corrected chi connectivity index (χ1v) is 12.9. The molecule has 34 heavy (non-hydrogen) atoms. The largest absolute Gasteiger partial charge is 0.463 e. The van der Waals surface area contributed by atoms with Crippen molar-refractivity contribution >= 4 is 23.7 Å². The van der Waals surface area contributed by atoms with E-state index in [1.807, 2.05) is 30.3 Å². The van der Waals surface area contributed by atoms with Crippen LogP contribution in [0.2, 0.25) is 0 Å². The summed E-state index contributed by atoms with van der Waals surface area (Å²) in [6.45, 7) is -0.0151. The maximum Gasteiger partial charge on any atom is 0.306 e. The number of fused-ring (bicyclic) bond motifs is 1. The summed E-state index contributed by atoms with van der Waals surface area (Å²) < 4.78 is 29.3. The highest BCUT2D eigenvalue weighted by molar-refractivity contribution is 7.99. The lowest BCUT2D eigenvalue weighted by atomic mass is 9.99. The van der Waals surface area contributed by atoms with E-state index in [2.05, 4.69) is 12.2 Å². The molecule has 188 valence electrons. The molecule has 5 atom stereocenters. The minimum Gasteiger partial charge on any atom is -0.463 e. The Morgan fingerprint density at radius 1 is 0.853 bits per heavy atom. The van der Waals surface area contributed by atoms with Crippen LogP contribution in [0.1, 0.15) is 51.4 Å². The van der Waals surface area contributed by atoms with Crippen LogP contribution in [0, 0.1) is 0 Å². The van der Waals surface area contributed by atoms with Gasteiger partial charge in [0.15, 0.2) is 6.10 Å². The predicted octanol–water partition coefficient (Wildman–Crippen LogP) is 4.68. The van der Waals surface area contributed by atoms with Crippen LogP contribution in [0.25, 0.3) is 0 Å². The van der Waals surface area contributed by atoms with Crippen molar-refractivity contribution in [3.8, 4) is 0 Å². The van der Waals surface area contributed by atoms with Gasteiger partial charge in [0, 0.05) is 32.0 Å². The summed E-state index contributed by atoms with van der Waals surface area (Å²) in [4.78, 5) is 26.0. The molecule has 2 heterocycles. The number of thioether (sulfide) groups is 1. The molecule has 0 radical (unpaired) electrons. The topological polar surface area (TPSA) is 80.3 Å². The first-order valence-electron chi connectivity index (χ1n) is 12.0. The minimum atomic E-state index is -0.751. The quantitative estimate of drug-likeness (QED) is 0.443. The fraction of sp³-hybridized carbons (Fsp3) is 0.615. The van der Waals surface area contributed by atoms with E-state index < -0.39 is 29.9 Å². The Hall–Kier alpha value is -1.87. The standard InChI is InChI=1S/C26H36O7S/c1-29-24-23-20(32-26(25(24)30-2)34-19-14-10-9-11-15-19)18-31-21(27)16-12-7-5-3-4-6-8-13-17-22(28)33-23/h3-4,9-11,14-15,20,23-26H,5-8,12-13,16-18H2,1-2H3/b4-3+/t20-,23-,24+,25-,26+/m1/s1. The highest BCUT2D eigenvalue weighted by Crippen LogP contribution is 2.37. The second-order valence-corrected chi connectivity index (χ2v) is 9.65. The lowest BCUT2D eigenvalue weighted by Crippen LogP contribution is -2.60.